The van der Waals surface area contributed by atoms with Crippen molar-refractivity contribution in [2.45, 2.75) is 37.3 Å². The fourth-order valence-corrected chi connectivity index (χ4v) is 5.28. The Kier molecular flexibility index (Phi) is 6.14. The summed E-state index contributed by atoms with van der Waals surface area (Å²) < 4.78 is 35.8. The molecule has 158 valence electrons. The molecule has 1 aliphatic rings. The number of rotatable bonds is 7. The SMILES string of the molecule is Cc1cc(S(=O)(=O)N(Cc2ccccc2Cl)CC2CCCO2)ccc1-n1cnnn1. The van der Waals surface area contributed by atoms with Crippen LogP contribution in [0.4, 0.5) is 0 Å². The van der Waals surface area contributed by atoms with E-state index in [1.54, 1.807) is 24.3 Å². The van der Waals surface area contributed by atoms with Crippen LogP contribution in [0.25, 0.3) is 5.69 Å². The van der Waals surface area contributed by atoms with Gasteiger partial charge in [0, 0.05) is 24.7 Å². The lowest BCUT2D eigenvalue weighted by Gasteiger charge is -2.25. The number of sulfonamides is 1. The molecule has 4 rings (SSSR count). The van der Waals surface area contributed by atoms with Gasteiger partial charge in [0.05, 0.1) is 16.7 Å². The highest BCUT2D eigenvalue weighted by atomic mass is 35.5. The summed E-state index contributed by atoms with van der Waals surface area (Å²) >= 11 is 6.31. The lowest BCUT2D eigenvalue weighted by atomic mass is 10.2. The zero-order chi connectivity index (χ0) is 21.1. The fraction of sp³-hybridized carbons (Fsp3) is 0.350. The molecule has 1 saturated heterocycles. The van der Waals surface area contributed by atoms with Gasteiger partial charge in [-0.1, -0.05) is 29.8 Å². The second-order valence-corrected chi connectivity index (χ2v) is 9.57. The van der Waals surface area contributed by atoms with E-state index >= 15 is 0 Å². The predicted octanol–water partition coefficient (Wildman–Crippen LogP) is 2.99. The first-order chi connectivity index (χ1) is 14.4. The van der Waals surface area contributed by atoms with Gasteiger partial charge in [-0.3, -0.25) is 0 Å². The first-order valence-corrected chi connectivity index (χ1v) is 11.5. The maximum absolute atomic E-state index is 13.6. The molecule has 1 aromatic heterocycles. The van der Waals surface area contributed by atoms with Crippen molar-refractivity contribution in [3.05, 3.63) is 64.9 Å². The summed E-state index contributed by atoms with van der Waals surface area (Å²) in [6, 6.07) is 12.2. The molecule has 0 spiro atoms. The van der Waals surface area contributed by atoms with E-state index in [-0.39, 0.29) is 24.1 Å². The Morgan fingerprint density at radius 3 is 2.77 bits per heavy atom. The van der Waals surface area contributed by atoms with Crippen LogP contribution in [0.3, 0.4) is 0 Å². The maximum atomic E-state index is 13.6. The van der Waals surface area contributed by atoms with Gasteiger partial charge in [-0.05, 0) is 65.6 Å². The Morgan fingerprint density at radius 1 is 1.27 bits per heavy atom. The normalized spacial score (nSPS) is 17.0. The molecule has 0 radical (unpaired) electrons. The van der Waals surface area contributed by atoms with Gasteiger partial charge in [0.1, 0.15) is 6.33 Å². The average Bonchev–Trinajstić information content (AvgIpc) is 3.43. The largest absolute Gasteiger partial charge is 0.377 e. The first kappa shape index (κ1) is 20.9. The molecule has 8 nitrogen and oxygen atoms in total. The topological polar surface area (TPSA) is 90.2 Å². The molecule has 0 saturated carbocycles. The molecule has 1 fully saturated rings. The Balaban J connectivity index is 1.67. The highest BCUT2D eigenvalue weighted by molar-refractivity contribution is 7.89. The Hall–Kier alpha value is -2.33. The van der Waals surface area contributed by atoms with Crippen LogP contribution in [0.2, 0.25) is 5.02 Å². The van der Waals surface area contributed by atoms with Crippen LogP contribution in [-0.2, 0) is 21.3 Å². The van der Waals surface area contributed by atoms with Gasteiger partial charge in [-0.25, -0.2) is 13.1 Å². The number of benzene rings is 2. The molecule has 0 aliphatic carbocycles. The molecule has 30 heavy (non-hydrogen) atoms. The van der Waals surface area contributed by atoms with Crippen LogP contribution in [0, 0.1) is 6.92 Å². The number of nitrogens with zero attached hydrogens (tertiary/aromatic N) is 5. The van der Waals surface area contributed by atoms with Gasteiger partial charge in [-0.2, -0.15) is 4.31 Å². The van der Waals surface area contributed by atoms with Crippen molar-refractivity contribution in [2.24, 2.45) is 0 Å². The molecule has 2 aromatic carbocycles. The lowest BCUT2D eigenvalue weighted by molar-refractivity contribution is 0.0926. The zero-order valence-electron chi connectivity index (χ0n) is 16.5. The van der Waals surface area contributed by atoms with Gasteiger partial charge in [0.25, 0.3) is 0 Å². The molecule has 1 unspecified atom stereocenters. The number of hydrogen-bond donors (Lipinski definition) is 0. The van der Waals surface area contributed by atoms with E-state index in [1.807, 2.05) is 25.1 Å². The van der Waals surface area contributed by atoms with Crippen LogP contribution in [0.5, 0.6) is 0 Å². The molecule has 10 heteroatoms. The maximum Gasteiger partial charge on any atom is 0.243 e. The summed E-state index contributed by atoms with van der Waals surface area (Å²) in [4.78, 5) is 0.210. The van der Waals surface area contributed by atoms with Gasteiger partial charge < -0.3 is 4.74 Å². The average molecular weight is 448 g/mol. The number of halogens is 1. The number of aryl methyl sites for hydroxylation is 1. The summed E-state index contributed by atoms with van der Waals surface area (Å²) in [7, 11) is -3.78. The van der Waals surface area contributed by atoms with Gasteiger partial charge in [0.2, 0.25) is 10.0 Å². The smallest absolute Gasteiger partial charge is 0.243 e. The molecule has 1 aliphatic heterocycles. The Bertz CT molecular complexity index is 1120. The quantitative estimate of drug-likeness (QED) is 0.553. The summed E-state index contributed by atoms with van der Waals surface area (Å²) in [6.07, 6.45) is 3.12. The second kappa shape index (κ2) is 8.81. The molecule has 3 aromatic rings. The van der Waals surface area contributed by atoms with Crippen LogP contribution in [-0.4, -0.2) is 52.2 Å². The van der Waals surface area contributed by atoms with Crippen LogP contribution in [0.1, 0.15) is 24.0 Å². The van der Waals surface area contributed by atoms with E-state index in [2.05, 4.69) is 15.5 Å². The Labute approximate surface area is 180 Å². The lowest BCUT2D eigenvalue weighted by Crippen LogP contribution is -2.37. The van der Waals surface area contributed by atoms with Gasteiger partial charge in [-0.15, -0.1) is 5.10 Å². The Morgan fingerprint density at radius 2 is 2.10 bits per heavy atom. The fourth-order valence-electron chi connectivity index (χ4n) is 3.55. The molecule has 0 N–H and O–H groups in total. The number of aromatic nitrogens is 4. The first-order valence-electron chi connectivity index (χ1n) is 9.64. The minimum Gasteiger partial charge on any atom is -0.377 e. The van der Waals surface area contributed by atoms with Crippen molar-refractivity contribution >= 4 is 21.6 Å². The van der Waals surface area contributed by atoms with Crippen molar-refractivity contribution in [1.82, 2.24) is 24.5 Å². The minimum atomic E-state index is -3.78. The van der Waals surface area contributed by atoms with Crippen molar-refractivity contribution < 1.29 is 13.2 Å². The molecule has 1 atom stereocenters. The third-order valence-electron chi connectivity index (χ3n) is 5.14. The summed E-state index contributed by atoms with van der Waals surface area (Å²) in [6.45, 7) is 2.94. The van der Waals surface area contributed by atoms with Crippen molar-refractivity contribution in [3.8, 4) is 5.69 Å². The third kappa shape index (κ3) is 4.39. The number of hydrogen-bond acceptors (Lipinski definition) is 6. The number of ether oxygens (including phenoxy) is 1. The molecular formula is C20H22ClN5O3S. The predicted molar refractivity (Wildman–Crippen MR) is 112 cm³/mol. The number of tetrazole rings is 1. The van der Waals surface area contributed by atoms with Crippen molar-refractivity contribution in [2.75, 3.05) is 13.2 Å². The zero-order valence-corrected chi connectivity index (χ0v) is 18.1. The highest BCUT2D eigenvalue weighted by Crippen LogP contribution is 2.26. The van der Waals surface area contributed by atoms with E-state index < -0.39 is 10.0 Å². The standard InChI is InChI=1S/C20H22ClN5O3S/c1-15-11-18(8-9-20(15)26-14-22-23-24-26)30(27,28)25(13-17-6-4-10-29-17)12-16-5-2-3-7-19(16)21/h2-3,5,7-9,11,14,17H,4,6,10,12-13H2,1H3. The molecule has 0 bridgehead atoms. The van der Waals surface area contributed by atoms with E-state index in [0.717, 1.165) is 29.7 Å². The molecule has 0 amide bonds. The summed E-state index contributed by atoms with van der Waals surface area (Å²) in [5.41, 5.74) is 2.22. The van der Waals surface area contributed by atoms with E-state index in [9.17, 15) is 8.42 Å². The second-order valence-electron chi connectivity index (χ2n) is 7.23. The van der Waals surface area contributed by atoms with E-state index in [4.69, 9.17) is 16.3 Å². The third-order valence-corrected chi connectivity index (χ3v) is 7.31. The van der Waals surface area contributed by atoms with Crippen LogP contribution in [0.15, 0.2) is 53.7 Å². The summed E-state index contributed by atoms with van der Waals surface area (Å²) in [5.74, 6) is 0. The van der Waals surface area contributed by atoms with Gasteiger partial charge in [0.15, 0.2) is 0 Å². The van der Waals surface area contributed by atoms with Crippen LogP contribution < -0.4 is 0 Å². The van der Waals surface area contributed by atoms with Gasteiger partial charge >= 0.3 is 0 Å². The molecule has 2 heterocycles. The van der Waals surface area contributed by atoms with Crippen LogP contribution >= 0.6 is 11.6 Å². The highest BCUT2D eigenvalue weighted by Gasteiger charge is 2.30. The summed E-state index contributed by atoms with van der Waals surface area (Å²) in [5, 5.41) is 11.7. The minimum absolute atomic E-state index is 0.121. The molecular weight excluding hydrogens is 426 g/mol. The monoisotopic (exact) mass is 447 g/mol. The van der Waals surface area contributed by atoms with E-state index in [1.165, 1.54) is 15.3 Å². The van der Waals surface area contributed by atoms with Crippen molar-refractivity contribution in [1.29, 1.82) is 0 Å². The van der Waals surface area contributed by atoms with E-state index in [0.29, 0.717) is 11.6 Å². The van der Waals surface area contributed by atoms with Crippen molar-refractivity contribution in [3.63, 3.8) is 0 Å².